The molecule has 1 saturated heterocycles. The predicted octanol–water partition coefficient (Wildman–Crippen LogP) is 0.922. The molecule has 0 aliphatic carbocycles. The number of likely N-dealkylation sites (tertiary alicyclic amines) is 1. The van der Waals surface area contributed by atoms with Crippen molar-refractivity contribution < 1.29 is 14.3 Å². The molecular formula is C17H27N3O3. The molecule has 128 valence electrons. The molecule has 1 aliphatic rings. The van der Waals surface area contributed by atoms with E-state index in [2.05, 4.69) is 22.3 Å². The Kier molecular flexibility index (Phi) is 6.83. The number of carbonyl (C=O) groups is 1. The van der Waals surface area contributed by atoms with Crippen LogP contribution in [-0.2, 0) is 9.53 Å². The summed E-state index contributed by atoms with van der Waals surface area (Å²) in [6.07, 6.45) is 2.40. The second-order valence-electron chi connectivity index (χ2n) is 5.84. The molecule has 2 atom stereocenters. The number of nitrogens with one attached hydrogen (secondary N) is 1. The van der Waals surface area contributed by atoms with Gasteiger partial charge in [-0.1, -0.05) is 12.1 Å². The van der Waals surface area contributed by atoms with Crippen molar-refractivity contribution in [2.24, 2.45) is 5.73 Å². The van der Waals surface area contributed by atoms with E-state index in [4.69, 9.17) is 15.2 Å². The molecule has 6 heteroatoms. The van der Waals surface area contributed by atoms with Crippen molar-refractivity contribution in [3.05, 3.63) is 29.8 Å². The third-order valence-corrected chi connectivity index (χ3v) is 4.23. The van der Waals surface area contributed by atoms with E-state index in [0.29, 0.717) is 6.54 Å². The van der Waals surface area contributed by atoms with Gasteiger partial charge in [0.15, 0.2) is 0 Å². The predicted molar refractivity (Wildman–Crippen MR) is 89.4 cm³/mol. The van der Waals surface area contributed by atoms with E-state index in [0.717, 1.165) is 18.8 Å². The Morgan fingerprint density at radius 1 is 1.26 bits per heavy atom. The number of ether oxygens (including phenoxy) is 2. The first kappa shape index (κ1) is 17.7. The van der Waals surface area contributed by atoms with E-state index in [-0.39, 0.29) is 18.6 Å². The fourth-order valence-corrected chi connectivity index (χ4v) is 2.92. The van der Waals surface area contributed by atoms with Crippen LogP contribution in [0.1, 0.15) is 24.4 Å². The largest absolute Gasteiger partial charge is 0.497 e. The summed E-state index contributed by atoms with van der Waals surface area (Å²) in [7, 11) is 3.20. The first-order chi connectivity index (χ1) is 11.2. The average Bonchev–Trinajstić information content (AvgIpc) is 3.10. The molecule has 0 spiro atoms. The van der Waals surface area contributed by atoms with Crippen LogP contribution in [0.25, 0.3) is 0 Å². The number of nitrogens with two attached hydrogens (primary N) is 1. The maximum Gasteiger partial charge on any atom is 0.239 e. The lowest BCUT2D eigenvalue weighted by Crippen LogP contribution is -2.46. The van der Waals surface area contributed by atoms with Crippen LogP contribution in [0.3, 0.4) is 0 Å². The summed E-state index contributed by atoms with van der Waals surface area (Å²) in [5, 5.41) is 2.95. The third kappa shape index (κ3) is 4.92. The van der Waals surface area contributed by atoms with E-state index in [1.165, 1.54) is 25.5 Å². The van der Waals surface area contributed by atoms with Gasteiger partial charge in [0.25, 0.3) is 0 Å². The van der Waals surface area contributed by atoms with E-state index < -0.39 is 6.04 Å². The zero-order valence-electron chi connectivity index (χ0n) is 14.0. The highest BCUT2D eigenvalue weighted by atomic mass is 16.5. The number of rotatable bonds is 8. The van der Waals surface area contributed by atoms with Crippen molar-refractivity contribution in [2.45, 2.75) is 24.9 Å². The fraction of sp³-hybridized carbons (Fsp3) is 0.588. The number of hydrogen-bond acceptors (Lipinski definition) is 5. The number of amides is 1. The minimum atomic E-state index is -0.630. The topological polar surface area (TPSA) is 76.8 Å². The molecule has 2 unspecified atom stereocenters. The highest BCUT2D eigenvalue weighted by molar-refractivity contribution is 5.81. The quantitative estimate of drug-likeness (QED) is 0.745. The van der Waals surface area contributed by atoms with Gasteiger partial charge in [-0.05, 0) is 43.6 Å². The minimum absolute atomic E-state index is 0.155. The van der Waals surface area contributed by atoms with Gasteiger partial charge in [-0.15, -0.1) is 0 Å². The molecule has 0 aromatic heterocycles. The third-order valence-electron chi connectivity index (χ3n) is 4.23. The molecular weight excluding hydrogens is 294 g/mol. The summed E-state index contributed by atoms with van der Waals surface area (Å²) in [6, 6.07) is 7.55. The van der Waals surface area contributed by atoms with Crippen molar-refractivity contribution in [3.8, 4) is 5.75 Å². The number of carbonyl (C=O) groups excluding carboxylic acids is 1. The van der Waals surface area contributed by atoms with Crippen molar-refractivity contribution in [1.29, 1.82) is 0 Å². The second kappa shape index (κ2) is 8.86. The van der Waals surface area contributed by atoms with E-state index in [1.807, 2.05) is 12.1 Å². The molecule has 23 heavy (non-hydrogen) atoms. The van der Waals surface area contributed by atoms with E-state index in [9.17, 15) is 4.79 Å². The fourth-order valence-electron chi connectivity index (χ4n) is 2.92. The molecule has 0 saturated carbocycles. The van der Waals surface area contributed by atoms with Gasteiger partial charge in [0.05, 0.1) is 19.8 Å². The van der Waals surface area contributed by atoms with E-state index >= 15 is 0 Å². The molecule has 3 N–H and O–H groups in total. The Morgan fingerprint density at radius 2 is 1.91 bits per heavy atom. The normalized spacial score (nSPS) is 17.7. The summed E-state index contributed by atoms with van der Waals surface area (Å²) < 4.78 is 10.1. The second-order valence-corrected chi connectivity index (χ2v) is 5.84. The maximum atomic E-state index is 12.0. The summed E-state index contributed by atoms with van der Waals surface area (Å²) in [4.78, 5) is 14.4. The molecule has 1 amide bonds. The lowest BCUT2D eigenvalue weighted by Gasteiger charge is -2.28. The van der Waals surface area contributed by atoms with Crippen molar-refractivity contribution in [3.63, 3.8) is 0 Å². The van der Waals surface area contributed by atoms with Crippen molar-refractivity contribution in [1.82, 2.24) is 10.2 Å². The summed E-state index contributed by atoms with van der Waals surface area (Å²) in [5.41, 5.74) is 6.95. The molecule has 6 nitrogen and oxygen atoms in total. The van der Waals surface area contributed by atoms with Gasteiger partial charge >= 0.3 is 0 Å². The van der Waals surface area contributed by atoms with Gasteiger partial charge in [0, 0.05) is 13.7 Å². The van der Waals surface area contributed by atoms with Gasteiger partial charge in [-0.2, -0.15) is 0 Å². The molecule has 1 heterocycles. The van der Waals surface area contributed by atoms with Gasteiger partial charge in [-0.3, -0.25) is 9.69 Å². The molecule has 1 fully saturated rings. The zero-order valence-corrected chi connectivity index (χ0v) is 14.0. The average molecular weight is 321 g/mol. The van der Waals surface area contributed by atoms with Gasteiger partial charge in [0.1, 0.15) is 11.8 Å². The maximum absolute atomic E-state index is 12.0. The lowest BCUT2D eigenvalue weighted by atomic mass is 10.0. The van der Waals surface area contributed by atoms with Gasteiger partial charge in [0.2, 0.25) is 5.91 Å². The van der Waals surface area contributed by atoms with Crippen LogP contribution in [0.2, 0.25) is 0 Å². The Bertz CT molecular complexity index is 486. The lowest BCUT2D eigenvalue weighted by molar-refractivity contribution is -0.123. The standard InChI is InChI=1S/C17H27N3O3/c1-22-12-15(18)17(21)19-11-16(20-9-3-4-10-20)13-5-7-14(23-2)8-6-13/h5-8,15-16H,3-4,9-12,18H2,1-2H3,(H,19,21). The van der Waals surface area contributed by atoms with Crippen LogP contribution in [0.5, 0.6) is 5.75 Å². The molecule has 2 rings (SSSR count). The number of nitrogens with zero attached hydrogens (tertiary/aromatic N) is 1. The highest BCUT2D eigenvalue weighted by Crippen LogP contribution is 2.26. The van der Waals surface area contributed by atoms with Crippen LogP contribution < -0.4 is 15.8 Å². The van der Waals surface area contributed by atoms with Crippen LogP contribution in [0, 0.1) is 0 Å². The van der Waals surface area contributed by atoms with Crippen molar-refractivity contribution >= 4 is 5.91 Å². The zero-order chi connectivity index (χ0) is 16.7. The first-order valence-corrected chi connectivity index (χ1v) is 8.06. The molecule has 0 radical (unpaired) electrons. The SMILES string of the molecule is COCC(N)C(=O)NCC(c1ccc(OC)cc1)N1CCCC1. The van der Waals surface area contributed by atoms with E-state index in [1.54, 1.807) is 7.11 Å². The highest BCUT2D eigenvalue weighted by Gasteiger charge is 2.24. The smallest absolute Gasteiger partial charge is 0.239 e. The molecule has 1 aromatic carbocycles. The minimum Gasteiger partial charge on any atom is -0.497 e. The molecule has 0 bridgehead atoms. The Labute approximate surface area is 137 Å². The van der Waals surface area contributed by atoms with Crippen LogP contribution in [0.15, 0.2) is 24.3 Å². The Hall–Kier alpha value is -1.63. The monoisotopic (exact) mass is 321 g/mol. The summed E-state index contributed by atoms with van der Waals surface area (Å²) >= 11 is 0. The first-order valence-electron chi connectivity index (χ1n) is 8.06. The van der Waals surface area contributed by atoms with Crippen LogP contribution in [0.4, 0.5) is 0 Å². The Balaban J connectivity index is 2.03. The molecule has 1 aromatic rings. The number of hydrogen-bond donors (Lipinski definition) is 2. The van der Waals surface area contributed by atoms with Crippen molar-refractivity contribution in [2.75, 3.05) is 40.5 Å². The van der Waals surface area contributed by atoms with Crippen LogP contribution >= 0.6 is 0 Å². The molecule has 1 aliphatic heterocycles. The Morgan fingerprint density at radius 3 is 2.48 bits per heavy atom. The summed E-state index contributed by atoms with van der Waals surface area (Å²) in [5.74, 6) is 0.657. The number of methoxy groups -OCH3 is 2. The number of benzene rings is 1. The van der Waals surface area contributed by atoms with Crippen LogP contribution in [-0.4, -0.2) is 57.3 Å². The van der Waals surface area contributed by atoms with Gasteiger partial charge in [-0.25, -0.2) is 0 Å². The summed E-state index contributed by atoms with van der Waals surface area (Å²) in [6.45, 7) is 2.87. The van der Waals surface area contributed by atoms with Gasteiger partial charge < -0.3 is 20.5 Å².